The van der Waals surface area contributed by atoms with Gasteiger partial charge in [-0.3, -0.25) is 4.79 Å². The fourth-order valence-corrected chi connectivity index (χ4v) is 1.84. The van der Waals surface area contributed by atoms with Crippen LogP contribution in [0.2, 0.25) is 0 Å². The van der Waals surface area contributed by atoms with Crippen LogP contribution >= 0.6 is 0 Å². The number of carbonyl (C=O) groups excluding carboxylic acids is 1. The summed E-state index contributed by atoms with van der Waals surface area (Å²) in [5.41, 5.74) is 0.257. The molecule has 0 aliphatic rings. The summed E-state index contributed by atoms with van der Waals surface area (Å²) in [6.45, 7) is 7.86. The summed E-state index contributed by atoms with van der Waals surface area (Å²) in [4.78, 5) is 16.3. The molecule has 0 saturated carbocycles. The molecule has 1 unspecified atom stereocenters. The van der Waals surface area contributed by atoms with Crippen molar-refractivity contribution >= 4 is 5.91 Å². The van der Waals surface area contributed by atoms with Crippen molar-refractivity contribution in [1.29, 1.82) is 0 Å². The Balaban J connectivity index is 1.98. The fourth-order valence-electron chi connectivity index (χ4n) is 1.84. The third kappa shape index (κ3) is 3.90. The molecule has 0 fully saturated rings. The van der Waals surface area contributed by atoms with E-state index in [1.807, 2.05) is 6.92 Å². The van der Waals surface area contributed by atoms with Crippen LogP contribution in [0.25, 0.3) is 0 Å². The first kappa shape index (κ1) is 15.2. The Morgan fingerprint density at radius 1 is 1.29 bits per heavy atom. The van der Waals surface area contributed by atoms with Crippen molar-refractivity contribution in [2.45, 2.75) is 46.6 Å². The van der Waals surface area contributed by atoms with Crippen LogP contribution in [0.15, 0.2) is 15.1 Å². The summed E-state index contributed by atoms with van der Waals surface area (Å²) in [6.07, 6.45) is 1.44. The Hall–Kier alpha value is -2.18. The van der Waals surface area contributed by atoms with Gasteiger partial charge in [-0.1, -0.05) is 31.1 Å². The summed E-state index contributed by atoms with van der Waals surface area (Å²) >= 11 is 0. The highest BCUT2D eigenvalue weighted by Crippen LogP contribution is 2.13. The number of aromatic nitrogens is 3. The normalized spacial score (nSPS) is 12.6. The van der Waals surface area contributed by atoms with Gasteiger partial charge in [-0.25, -0.2) is 0 Å². The van der Waals surface area contributed by atoms with Crippen LogP contribution in [0.5, 0.6) is 0 Å². The van der Waals surface area contributed by atoms with Gasteiger partial charge >= 0.3 is 0 Å². The maximum atomic E-state index is 12.1. The molecule has 0 spiro atoms. The topological polar surface area (TPSA) is 94.1 Å². The second-order valence-corrected chi connectivity index (χ2v) is 5.37. The van der Waals surface area contributed by atoms with Crippen molar-refractivity contribution < 1.29 is 13.8 Å². The van der Waals surface area contributed by atoms with Gasteiger partial charge in [-0.2, -0.15) is 4.98 Å². The van der Waals surface area contributed by atoms with Gasteiger partial charge in [0, 0.05) is 18.9 Å². The number of aryl methyl sites for hydroxylation is 1. The molecule has 2 aromatic heterocycles. The number of rotatable bonds is 6. The van der Waals surface area contributed by atoms with Crippen molar-refractivity contribution in [1.82, 2.24) is 20.6 Å². The van der Waals surface area contributed by atoms with Crippen LogP contribution in [0, 0.1) is 5.92 Å². The van der Waals surface area contributed by atoms with Gasteiger partial charge in [0.25, 0.3) is 5.91 Å². The largest absolute Gasteiger partial charge is 0.361 e. The first-order valence-electron chi connectivity index (χ1n) is 7.08. The molecule has 0 aliphatic heterocycles. The van der Waals surface area contributed by atoms with E-state index in [1.54, 1.807) is 13.0 Å². The van der Waals surface area contributed by atoms with Gasteiger partial charge < -0.3 is 14.4 Å². The first-order chi connectivity index (χ1) is 9.99. The highest BCUT2D eigenvalue weighted by molar-refractivity contribution is 5.92. The predicted octanol–water partition coefficient (Wildman–Crippen LogP) is 2.31. The van der Waals surface area contributed by atoms with E-state index < -0.39 is 0 Å². The quantitative estimate of drug-likeness (QED) is 0.878. The molecule has 1 amide bonds. The highest BCUT2D eigenvalue weighted by atomic mass is 16.5. The summed E-state index contributed by atoms with van der Waals surface area (Å²) in [6, 6.07) is 1.28. The number of carbonyl (C=O) groups is 1. The van der Waals surface area contributed by atoms with E-state index in [0.717, 1.165) is 6.42 Å². The number of hydrogen-bond donors (Lipinski definition) is 1. The second-order valence-electron chi connectivity index (χ2n) is 5.37. The summed E-state index contributed by atoms with van der Waals surface area (Å²) in [5, 5.41) is 10.3. The van der Waals surface area contributed by atoms with Gasteiger partial charge in [0.15, 0.2) is 11.5 Å². The van der Waals surface area contributed by atoms with Crippen LogP contribution in [-0.2, 0) is 12.8 Å². The lowest BCUT2D eigenvalue weighted by Crippen LogP contribution is -2.27. The van der Waals surface area contributed by atoms with Crippen molar-refractivity contribution in [2.24, 2.45) is 5.92 Å². The number of hydrogen-bond acceptors (Lipinski definition) is 6. The minimum atomic E-state index is -0.379. The van der Waals surface area contributed by atoms with Crippen LogP contribution in [0.3, 0.4) is 0 Å². The lowest BCUT2D eigenvalue weighted by atomic mass is 10.1. The van der Waals surface area contributed by atoms with Crippen LogP contribution in [0.1, 0.15) is 61.7 Å². The first-order valence-corrected chi connectivity index (χ1v) is 7.08. The van der Waals surface area contributed by atoms with Gasteiger partial charge in [-0.15, -0.1) is 0 Å². The molecular formula is C14H20N4O3. The molecule has 1 atom stereocenters. The zero-order chi connectivity index (χ0) is 15.4. The maximum Gasteiger partial charge on any atom is 0.274 e. The van der Waals surface area contributed by atoms with Crippen molar-refractivity contribution in [3.05, 3.63) is 29.2 Å². The van der Waals surface area contributed by atoms with Crippen molar-refractivity contribution in [3.63, 3.8) is 0 Å². The Bertz CT molecular complexity index is 603. The van der Waals surface area contributed by atoms with E-state index in [9.17, 15) is 4.79 Å². The van der Waals surface area contributed by atoms with Gasteiger partial charge in [-0.05, 0) is 12.8 Å². The average molecular weight is 292 g/mol. The number of amides is 1. The fraction of sp³-hybridized carbons (Fsp3) is 0.571. The van der Waals surface area contributed by atoms with Crippen molar-refractivity contribution in [2.75, 3.05) is 0 Å². The molecular weight excluding hydrogens is 272 g/mol. The molecule has 7 heteroatoms. The Kier molecular flexibility index (Phi) is 4.72. The maximum absolute atomic E-state index is 12.1. The molecule has 0 aromatic carbocycles. The highest BCUT2D eigenvalue weighted by Gasteiger charge is 2.19. The molecule has 0 saturated heterocycles. The molecule has 114 valence electrons. The van der Waals surface area contributed by atoms with Gasteiger partial charge in [0.05, 0.1) is 0 Å². The third-order valence-corrected chi connectivity index (χ3v) is 2.92. The second kappa shape index (κ2) is 6.51. The number of nitrogens with one attached hydrogen (secondary N) is 1. The zero-order valence-corrected chi connectivity index (χ0v) is 12.7. The monoisotopic (exact) mass is 292 g/mol. The Labute approximate surface area is 123 Å². The standard InChI is InChI=1S/C14H20N4O3/c1-5-12-16-14(21-18-12)9(4)15-13(19)11-7-10(20-17-11)6-8(2)3/h7-9H,5-6H2,1-4H3,(H,15,19). The third-order valence-electron chi connectivity index (χ3n) is 2.92. The molecule has 0 aliphatic carbocycles. The number of nitrogens with zero attached hydrogens (tertiary/aromatic N) is 3. The summed E-state index contributed by atoms with van der Waals surface area (Å²) in [5.74, 6) is 1.82. The van der Waals surface area contributed by atoms with E-state index in [4.69, 9.17) is 9.05 Å². The molecule has 2 aromatic rings. The van der Waals surface area contributed by atoms with E-state index in [2.05, 4.69) is 34.5 Å². The van der Waals surface area contributed by atoms with Gasteiger partial charge in [0.2, 0.25) is 5.89 Å². The lowest BCUT2D eigenvalue weighted by Gasteiger charge is -2.07. The molecule has 0 bridgehead atoms. The summed E-state index contributed by atoms with van der Waals surface area (Å²) in [7, 11) is 0. The van der Waals surface area contributed by atoms with Gasteiger partial charge in [0.1, 0.15) is 11.8 Å². The van der Waals surface area contributed by atoms with Crippen LogP contribution in [0.4, 0.5) is 0 Å². The molecule has 2 heterocycles. The SMILES string of the molecule is CCc1noc(C(C)NC(=O)c2cc(CC(C)C)on2)n1. The van der Waals surface area contributed by atoms with E-state index in [-0.39, 0.29) is 17.6 Å². The molecule has 2 rings (SSSR count). The smallest absolute Gasteiger partial charge is 0.274 e. The van der Waals surface area contributed by atoms with Crippen molar-refractivity contribution in [3.8, 4) is 0 Å². The van der Waals surface area contributed by atoms with E-state index in [0.29, 0.717) is 29.8 Å². The summed E-state index contributed by atoms with van der Waals surface area (Å²) < 4.78 is 10.2. The minimum Gasteiger partial charge on any atom is -0.361 e. The molecule has 0 radical (unpaired) electrons. The molecule has 21 heavy (non-hydrogen) atoms. The molecule has 1 N–H and O–H groups in total. The average Bonchev–Trinajstić information content (AvgIpc) is 3.06. The van der Waals surface area contributed by atoms with E-state index >= 15 is 0 Å². The molecule has 7 nitrogen and oxygen atoms in total. The Morgan fingerprint density at radius 2 is 2.05 bits per heavy atom. The minimum absolute atomic E-state index is 0.257. The zero-order valence-electron chi connectivity index (χ0n) is 12.7. The van der Waals surface area contributed by atoms with Crippen LogP contribution < -0.4 is 5.32 Å². The van der Waals surface area contributed by atoms with E-state index in [1.165, 1.54) is 0 Å². The Morgan fingerprint density at radius 3 is 2.67 bits per heavy atom. The lowest BCUT2D eigenvalue weighted by molar-refractivity contribution is 0.0923. The van der Waals surface area contributed by atoms with Crippen LogP contribution in [-0.4, -0.2) is 21.2 Å². The predicted molar refractivity (Wildman–Crippen MR) is 74.6 cm³/mol.